The standard InChI is InChI=1S/C14H9ClF3N3/c15-10-2-1-7-21-12(19)11(20-13(10)21)8-3-5-9(6-4-8)14(16,17)18/h1-7H,19H2. The van der Waals surface area contributed by atoms with Crippen LogP contribution in [0, 0.1) is 0 Å². The van der Waals surface area contributed by atoms with Crippen LogP contribution in [0.5, 0.6) is 0 Å². The van der Waals surface area contributed by atoms with E-state index in [0.29, 0.717) is 27.7 Å². The van der Waals surface area contributed by atoms with Crippen molar-refractivity contribution < 1.29 is 13.2 Å². The van der Waals surface area contributed by atoms with Crippen LogP contribution in [-0.2, 0) is 6.18 Å². The van der Waals surface area contributed by atoms with E-state index in [9.17, 15) is 13.2 Å². The van der Waals surface area contributed by atoms with Crippen LogP contribution in [0.25, 0.3) is 16.9 Å². The third-order valence-electron chi connectivity index (χ3n) is 3.13. The molecule has 1 aromatic carbocycles. The highest BCUT2D eigenvalue weighted by molar-refractivity contribution is 6.33. The first-order valence-corrected chi connectivity index (χ1v) is 6.35. The van der Waals surface area contributed by atoms with Gasteiger partial charge in [-0.05, 0) is 24.3 Å². The fourth-order valence-corrected chi connectivity index (χ4v) is 2.29. The number of hydrogen-bond acceptors (Lipinski definition) is 2. The molecule has 3 rings (SSSR count). The van der Waals surface area contributed by atoms with Gasteiger partial charge in [-0.25, -0.2) is 4.98 Å². The Balaban J connectivity index is 2.13. The molecule has 0 saturated carbocycles. The molecule has 0 amide bonds. The van der Waals surface area contributed by atoms with Crippen LogP contribution in [0.4, 0.5) is 19.0 Å². The molecule has 7 heteroatoms. The van der Waals surface area contributed by atoms with Crippen LogP contribution in [0.2, 0.25) is 5.02 Å². The summed E-state index contributed by atoms with van der Waals surface area (Å²) in [5, 5.41) is 0.419. The fraction of sp³-hybridized carbons (Fsp3) is 0.0714. The molecule has 0 spiro atoms. The number of nitrogens with zero attached hydrogens (tertiary/aromatic N) is 2. The predicted molar refractivity (Wildman–Crippen MR) is 75.1 cm³/mol. The van der Waals surface area contributed by atoms with Gasteiger partial charge in [0.05, 0.1) is 10.6 Å². The minimum atomic E-state index is -4.37. The molecule has 0 atom stereocenters. The number of fused-ring (bicyclic) bond motifs is 1. The fourth-order valence-electron chi connectivity index (χ4n) is 2.08. The average Bonchev–Trinajstić information content (AvgIpc) is 2.77. The summed E-state index contributed by atoms with van der Waals surface area (Å²) in [7, 11) is 0. The monoisotopic (exact) mass is 311 g/mol. The highest BCUT2D eigenvalue weighted by Crippen LogP contribution is 2.33. The number of imidazole rings is 1. The lowest BCUT2D eigenvalue weighted by Gasteiger charge is -2.06. The molecule has 0 saturated heterocycles. The molecular weight excluding hydrogens is 303 g/mol. The summed E-state index contributed by atoms with van der Waals surface area (Å²) in [6, 6.07) is 8.06. The number of anilines is 1. The van der Waals surface area contributed by atoms with Crippen molar-refractivity contribution in [1.82, 2.24) is 9.38 Å². The van der Waals surface area contributed by atoms with E-state index in [1.54, 1.807) is 22.7 Å². The molecule has 0 bridgehead atoms. The summed E-state index contributed by atoms with van der Waals surface area (Å²) in [6.45, 7) is 0. The van der Waals surface area contributed by atoms with Gasteiger partial charge in [-0.3, -0.25) is 4.40 Å². The molecule has 0 fully saturated rings. The zero-order valence-electron chi connectivity index (χ0n) is 10.5. The van der Waals surface area contributed by atoms with Crippen molar-refractivity contribution >= 4 is 23.1 Å². The maximum atomic E-state index is 12.6. The van der Waals surface area contributed by atoms with E-state index in [1.807, 2.05) is 0 Å². The van der Waals surface area contributed by atoms with Crippen LogP contribution >= 0.6 is 11.6 Å². The van der Waals surface area contributed by atoms with Gasteiger partial charge >= 0.3 is 6.18 Å². The second-order valence-electron chi connectivity index (χ2n) is 4.47. The highest BCUT2D eigenvalue weighted by atomic mass is 35.5. The van der Waals surface area contributed by atoms with Crippen LogP contribution in [0.1, 0.15) is 5.56 Å². The van der Waals surface area contributed by atoms with Crippen molar-refractivity contribution in [1.29, 1.82) is 0 Å². The van der Waals surface area contributed by atoms with E-state index in [1.165, 1.54) is 12.1 Å². The number of aromatic nitrogens is 2. The third kappa shape index (κ3) is 2.31. The van der Waals surface area contributed by atoms with Crippen molar-refractivity contribution in [2.24, 2.45) is 0 Å². The predicted octanol–water partition coefficient (Wildman–Crippen LogP) is 4.26. The first-order valence-electron chi connectivity index (χ1n) is 5.97. The van der Waals surface area contributed by atoms with Crippen LogP contribution < -0.4 is 5.73 Å². The minimum absolute atomic E-state index is 0.326. The molecule has 0 aliphatic carbocycles. The Bertz CT molecular complexity index is 807. The number of rotatable bonds is 1. The summed E-state index contributed by atoms with van der Waals surface area (Å²) in [5.41, 5.74) is 6.63. The van der Waals surface area contributed by atoms with Gasteiger partial charge in [-0.1, -0.05) is 23.7 Å². The smallest absolute Gasteiger partial charge is 0.383 e. The number of benzene rings is 1. The second kappa shape index (κ2) is 4.66. The molecule has 21 heavy (non-hydrogen) atoms. The van der Waals surface area contributed by atoms with Crippen LogP contribution in [-0.4, -0.2) is 9.38 Å². The topological polar surface area (TPSA) is 43.3 Å². The summed E-state index contributed by atoms with van der Waals surface area (Å²) in [6.07, 6.45) is -2.68. The molecule has 3 aromatic rings. The van der Waals surface area contributed by atoms with E-state index < -0.39 is 11.7 Å². The minimum Gasteiger partial charge on any atom is -0.383 e. The third-order valence-corrected chi connectivity index (χ3v) is 3.42. The molecule has 0 aliphatic heterocycles. The maximum absolute atomic E-state index is 12.6. The van der Waals surface area contributed by atoms with E-state index in [-0.39, 0.29) is 0 Å². The highest BCUT2D eigenvalue weighted by Gasteiger charge is 2.30. The molecule has 2 aromatic heterocycles. The summed E-state index contributed by atoms with van der Waals surface area (Å²) >= 11 is 6.03. The number of pyridine rings is 1. The van der Waals surface area contributed by atoms with Crippen LogP contribution in [0.15, 0.2) is 42.6 Å². The van der Waals surface area contributed by atoms with Crippen molar-refractivity contribution in [2.45, 2.75) is 6.18 Å². The van der Waals surface area contributed by atoms with Crippen molar-refractivity contribution in [3.63, 3.8) is 0 Å². The lowest BCUT2D eigenvalue weighted by atomic mass is 10.1. The number of nitrogens with two attached hydrogens (primary N) is 1. The molecule has 0 radical (unpaired) electrons. The summed E-state index contributed by atoms with van der Waals surface area (Å²) in [5.74, 6) is 0.326. The molecule has 0 aliphatic rings. The molecular formula is C14H9ClF3N3. The number of hydrogen-bond donors (Lipinski definition) is 1. The summed E-state index contributed by atoms with van der Waals surface area (Å²) < 4.78 is 39.3. The van der Waals surface area contributed by atoms with Gasteiger partial charge in [0, 0.05) is 11.8 Å². The van der Waals surface area contributed by atoms with Gasteiger partial charge in [-0.15, -0.1) is 0 Å². The Morgan fingerprint density at radius 1 is 1.10 bits per heavy atom. The van der Waals surface area contributed by atoms with E-state index in [4.69, 9.17) is 17.3 Å². The summed E-state index contributed by atoms with van der Waals surface area (Å²) in [4.78, 5) is 4.30. The second-order valence-corrected chi connectivity index (χ2v) is 4.88. The largest absolute Gasteiger partial charge is 0.416 e. The Labute approximate surface area is 122 Å². The van der Waals surface area contributed by atoms with Gasteiger partial charge in [0.25, 0.3) is 0 Å². The first-order chi connectivity index (χ1) is 9.88. The van der Waals surface area contributed by atoms with E-state index in [2.05, 4.69) is 4.98 Å². The Hall–Kier alpha value is -2.21. The lowest BCUT2D eigenvalue weighted by molar-refractivity contribution is -0.137. The molecule has 2 heterocycles. The van der Waals surface area contributed by atoms with Crippen molar-refractivity contribution in [2.75, 3.05) is 5.73 Å². The Kier molecular flexibility index (Phi) is 3.06. The first kappa shape index (κ1) is 13.8. The van der Waals surface area contributed by atoms with Gasteiger partial charge in [-0.2, -0.15) is 13.2 Å². The zero-order chi connectivity index (χ0) is 15.2. The van der Waals surface area contributed by atoms with E-state index >= 15 is 0 Å². The van der Waals surface area contributed by atoms with Gasteiger partial charge in [0.15, 0.2) is 5.65 Å². The molecule has 108 valence electrons. The van der Waals surface area contributed by atoms with Gasteiger partial charge < -0.3 is 5.73 Å². The normalized spacial score (nSPS) is 12.0. The Morgan fingerprint density at radius 2 is 1.76 bits per heavy atom. The number of nitrogen functional groups attached to an aromatic ring is 1. The SMILES string of the molecule is Nc1c(-c2ccc(C(F)(F)F)cc2)nc2c(Cl)cccn12. The quantitative estimate of drug-likeness (QED) is 0.730. The van der Waals surface area contributed by atoms with Gasteiger partial charge in [0.2, 0.25) is 0 Å². The molecule has 2 N–H and O–H groups in total. The lowest BCUT2D eigenvalue weighted by Crippen LogP contribution is -2.04. The number of halogens is 4. The van der Waals surface area contributed by atoms with Crippen molar-refractivity contribution in [3.8, 4) is 11.3 Å². The molecule has 0 unspecified atom stereocenters. The van der Waals surface area contributed by atoms with Gasteiger partial charge in [0.1, 0.15) is 11.5 Å². The maximum Gasteiger partial charge on any atom is 0.416 e. The zero-order valence-corrected chi connectivity index (χ0v) is 11.3. The molecule has 3 nitrogen and oxygen atoms in total. The average molecular weight is 312 g/mol. The number of alkyl halides is 3. The van der Waals surface area contributed by atoms with Crippen LogP contribution in [0.3, 0.4) is 0 Å². The van der Waals surface area contributed by atoms with E-state index in [0.717, 1.165) is 12.1 Å². The Morgan fingerprint density at radius 3 is 2.33 bits per heavy atom. The van der Waals surface area contributed by atoms with Crippen molar-refractivity contribution in [3.05, 3.63) is 53.2 Å².